The Morgan fingerprint density at radius 3 is 2.23 bits per heavy atom. The summed E-state index contributed by atoms with van der Waals surface area (Å²) in [5.74, 6) is 0.422. The molecule has 31 heavy (non-hydrogen) atoms. The number of pyridine rings is 1. The molecule has 0 bridgehead atoms. The van der Waals surface area contributed by atoms with Crippen molar-refractivity contribution in [2.45, 2.75) is 13.5 Å². The van der Waals surface area contributed by atoms with Gasteiger partial charge < -0.3 is 24.7 Å². The van der Waals surface area contributed by atoms with Gasteiger partial charge in [-0.25, -0.2) is 0 Å². The second kappa shape index (κ2) is 9.62. The van der Waals surface area contributed by atoms with E-state index >= 15 is 0 Å². The molecule has 2 amide bonds. The summed E-state index contributed by atoms with van der Waals surface area (Å²) in [6.07, 6.45) is 1.63. The van der Waals surface area contributed by atoms with E-state index in [1.54, 1.807) is 54.7 Å². The van der Waals surface area contributed by atoms with Crippen molar-refractivity contribution < 1.29 is 19.1 Å². The second-order valence-electron chi connectivity index (χ2n) is 6.82. The van der Waals surface area contributed by atoms with Gasteiger partial charge in [0.05, 0.1) is 14.2 Å². The molecular weight excluding hydrogens is 398 g/mol. The predicted molar refractivity (Wildman–Crippen MR) is 118 cm³/mol. The van der Waals surface area contributed by atoms with Gasteiger partial charge in [-0.2, -0.15) is 0 Å². The smallest absolute Gasteiger partial charge is 0.255 e. The average Bonchev–Trinajstić information content (AvgIpc) is 2.76. The van der Waals surface area contributed by atoms with E-state index in [9.17, 15) is 14.4 Å². The number of amides is 2. The van der Waals surface area contributed by atoms with Gasteiger partial charge in [-0.1, -0.05) is 6.07 Å². The van der Waals surface area contributed by atoms with Crippen LogP contribution in [0.4, 0.5) is 11.4 Å². The minimum Gasteiger partial charge on any atom is -0.493 e. The molecule has 3 rings (SSSR count). The number of nitrogens with one attached hydrogen (secondary N) is 2. The SMILES string of the molecule is COc1ccc(NC(=O)c2ccc(NC(=O)Cn3cc(C)ccc3=O)cc2)cc1OC. The van der Waals surface area contributed by atoms with Gasteiger partial charge in [-0.05, 0) is 48.9 Å². The molecule has 160 valence electrons. The van der Waals surface area contributed by atoms with Crippen molar-refractivity contribution in [2.24, 2.45) is 0 Å². The first-order chi connectivity index (χ1) is 14.9. The number of ether oxygens (including phenoxy) is 2. The highest BCUT2D eigenvalue weighted by atomic mass is 16.5. The lowest BCUT2D eigenvalue weighted by Crippen LogP contribution is -2.26. The summed E-state index contributed by atoms with van der Waals surface area (Å²) in [4.78, 5) is 36.6. The Kier molecular flexibility index (Phi) is 6.71. The van der Waals surface area contributed by atoms with E-state index in [1.165, 1.54) is 24.9 Å². The fourth-order valence-corrected chi connectivity index (χ4v) is 2.95. The Labute approximate surface area is 179 Å². The van der Waals surface area contributed by atoms with Crippen molar-refractivity contribution >= 4 is 23.2 Å². The predicted octanol–water partition coefficient (Wildman–Crippen LogP) is 3.06. The number of methoxy groups -OCH3 is 2. The number of nitrogens with zero attached hydrogens (tertiary/aromatic N) is 1. The van der Waals surface area contributed by atoms with Crippen LogP contribution in [0.2, 0.25) is 0 Å². The fourth-order valence-electron chi connectivity index (χ4n) is 2.95. The summed E-state index contributed by atoms with van der Waals surface area (Å²) in [5, 5.41) is 5.51. The van der Waals surface area contributed by atoms with E-state index in [-0.39, 0.29) is 23.9 Å². The third-order valence-corrected chi connectivity index (χ3v) is 4.52. The van der Waals surface area contributed by atoms with Crippen LogP contribution in [0.15, 0.2) is 65.6 Å². The quantitative estimate of drug-likeness (QED) is 0.611. The zero-order chi connectivity index (χ0) is 22.4. The van der Waals surface area contributed by atoms with Gasteiger partial charge in [0.1, 0.15) is 6.54 Å². The molecule has 0 fully saturated rings. The molecule has 0 aliphatic carbocycles. The molecule has 0 unspecified atom stereocenters. The van der Waals surface area contributed by atoms with E-state index in [0.29, 0.717) is 28.4 Å². The normalized spacial score (nSPS) is 10.3. The van der Waals surface area contributed by atoms with Crippen molar-refractivity contribution in [3.05, 3.63) is 82.3 Å². The number of hydrogen-bond acceptors (Lipinski definition) is 5. The Bertz CT molecular complexity index is 1150. The maximum absolute atomic E-state index is 12.5. The number of rotatable bonds is 7. The molecule has 0 saturated carbocycles. The molecule has 8 nitrogen and oxygen atoms in total. The van der Waals surface area contributed by atoms with Gasteiger partial charge >= 0.3 is 0 Å². The molecule has 0 aliphatic rings. The van der Waals surface area contributed by atoms with E-state index in [1.807, 2.05) is 6.92 Å². The zero-order valence-electron chi connectivity index (χ0n) is 17.5. The van der Waals surface area contributed by atoms with Crippen molar-refractivity contribution in [1.29, 1.82) is 0 Å². The van der Waals surface area contributed by atoms with Crippen LogP contribution in [0.1, 0.15) is 15.9 Å². The maximum Gasteiger partial charge on any atom is 0.255 e. The molecular formula is C23H23N3O5. The fraction of sp³-hybridized carbons (Fsp3) is 0.174. The number of aryl methyl sites for hydroxylation is 1. The molecule has 1 heterocycles. The van der Waals surface area contributed by atoms with Gasteiger partial charge in [0, 0.05) is 35.3 Å². The molecule has 3 aromatic rings. The topological polar surface area (TPSA) is 98.7 Å². The first-order valence-corrected chi connectivity index (χ1v) is 9.50. The minimum absolute atomic E-state index is 0.0952. The monoisotopic (exact) mass is 421 g/mol. The summed E-state index contributed by atoms with van der Waals surface area (Å²) in [5.41, 5.74) is 2.14. The summed E-state index contributed by atoms with van der Waals surface area (Å²) >= 11 is 0. The van der Waals surface area contributed by atoms with Gasteiger partial charge in [0.2, 0.25) is 5.91 Å². The molecule has 0 atom stereocenters. The van der Waals surface area contributed by atoms with Gasteiger partial charge in [-0.15, -0.1) is 0 Å². The highest BCUT2D eigenvalue weighted by molar-refractivity contribution is 6.04. The van der Waals surface area contributed by atoms with Crippen molar-refractivity contribution in [3.8, 4) is 11.5 Å². The molecule has 0 spiro atoms. The van der Waals surface area contributed by atoms with Crippen LogP contribution in [0.25, 0.3) is 0 Å². The second-order valence-corrected chi connectivity index (χ2v) is 6.82. The van der Waals surface area contributed by atoms with Crippen molar-refractivity contribution in [1.82, 2.24) is 4.57 Å². The van der Waals surface area contributed by atoms with E-state index in [0.717, 1.165) is 5.56 Å². The molecule has 8 heteroatoms. The summed E-state index contributed by atoms with van der Waals surface area (Å²) in [6, 6.07) is 14.7. The van der Waals surface area contributed by atoms with Crippen LogP contribution in [0.5, 0.6) is 11.5 Å². The molecule has 0 aliphatic heterocycles. The van der Waals surface area contributed by atoms with E-state index in [2.05, 4.69) is 10.6 Å². The Morgan fingerprint density at radius 2 is 1.55 bits per heavy atom. The van der Waals surface area contributed by atoms with Gasteiger partial charge in [0.15, 0.2) is 11.5 Å². The van der Waals surface area contributed by atoms with Crippen LogP contribution in [0, 0.1) is 6.92 Å². The van der Waals surface area contributed by atoms with Crippen LogP contribution in [0.3, 0.4) is 0 Å². The summed E-state index contributed by atoms with van der Waals surface area (Å²) in [6.45, 7) is 1.75. The van der Waals surface area contributed by atoms with Crippen molar-refractivity contribution in [3.63, 3.8) is 0 Å². The molecule has 2 N–H and O–H groups in total. The standard InChI is InChI=1S/C23H23N3O5/c1-15-4-11-22(28)26(13-15)14-21(27)24-17-7-5-16(6-8-17)23(29)25-18-9-10-19(30-2)20(12-18)31-3/h4-13H,14H2,1-3H3,(H,24,27)(H,25,29). The van der Waals surface area contributed by atoms with Crippen LogP contribution in [-0.2, 0) is 11.3 Å². The third kappa shape index (κ3) is 5.51. The first-order valence-electron chi connectivity index (χ1n) is 9.50. The zero-order valence-corrected chi connectivity index (χ0v) is 17.5. The minimum atomic E-state index is -0.338. The highest BCUT2D eigenvalue weighted by Crippen LogP contribution is 2.29. The number of benzene rings is 2. The lowest BCUT2D eigenvalue weighted by Gasteiger charge is -2.11. The van der Waals surface area contributed by atoms with Crippen molar-refractivity contribution in [2.75, 3.05) is 24.9 Å². The highest BCUT2D eigenvalue weighted by Gasteiger charge is 2.10. The number of hydrogen-bond donors (Lipinski definition) is 2. The van der Waals surface area contributed by atoms with Crippen LogP contribution < -0.4 is 25.7 Å². The number of carbonyl (C=O) groups is 2. The third-order valence-electron chi connectivity index (χ3n) is 4.52. The maximum atomic E-state index is 12.5. The molecule has 0 saturated heterocycles. The largest absolute Gasteiger partial charge is 0.493 e. The molecule has 0 radical (unpaired) electrons. The lowest BCUT2D eigenvalue weighted by atomic mass is 10.2. The lowest BCUT2D eigenvalue weighted by molar-refractivity contribution is -0.116. The number of anilines is 2. The van der Waals surface area contributed by atoms with Gasteiger partial charge in [-0.3, -0.25) is 14.4 Å². The average molecular weight is 421 g/mol. The summed E-state index contributed by atoms with van der Waals surface area (Å²) < 4.78 is 11.8. The van der Waals surface area contributed by atoms with Gasteiger partial charge in [0.25, 0.3) is 11.5 Å². The Hall–Kier alpha value is -4.07. The summed E-state index contributed by atoms with van der Waals surface area (Å²) in [7, 11) is 3.06. The van der Waals surface area contributed by atoms with E-state index < -0.39 is 0 Å². The number of carbonyl (C=O) groups excluding carboxylic acids is 2. The number of aromatic nitrogens is 1. The Balaban J connectivity index is 1.63. The Morgan fingerprint density at radius 1 is 0.871 bits per heavy atom. The molecule has 1 aromatic heterocycles. The molecule has 2 aromatic carbocycles. The van der Waals surface area contributed by atoms with Crippen LogP contribution >= 0.6 is 0 Å². The van der Waals surface area contributed by atoms with Crippen LogP contribution in [-0.4, -0.2) is 30.6 Å². The first kappa shape index (κ1) is 21.6. The van der Waals surface area contributed by atoms with E-state index in [4.69, 9.17) is 9.47 Å².